The van der Waals surface area contributed by atoms with Gasteiger partial charge in [-0.3, -0.25) is 9.59 Å². The average Bonchev–Trinajstić information content (AvgIpc) is 3.23. The van der Waals surface area contributed by atoms with Gasteiger partial charge in [0, 0.05) is 16.3 Å². The third-order valence-electron chi connectivity index (χ3n) is 5.64. The van der Waals surface area contributed by atoms with Crippen molar-refractivity contribution in [1.29, 1.82) is 0 Å². The molecule has 1 amide bonds. The maximum Gasteiger partial charge on any atom is 0.359 e. The number of carbonyl (C=O) groups excluding carboxylic acids is 2. The number of aromatic nitrogens is 2. The first kappa shape index (κ1) is 24.3. The minimum Gasteiger partial charge on any atom is -0.461 e. The van der Waals surface area contributed by atoms with Crippen molar-refractivity contribution in [3.05, 3.63) is 86.1 Å². The number of esters is 1. The van der Waals surface area contributed by atoms with Crippen LogP contribution in [0.2, 0.25) is 0 Å². The summed E-state index contributed by atoms with van der Waals surface area (Å²) >= 11 is 1.18. The fourth-order valence-corrected chi connectivity index (χ4v) is 4.88. The quantitative estimate of drug-likeness (QED) is 0.355. The summed E-state index contributed by atoms with van der Waals surface area (Å²) in [6.07, 6.45) is 0. The first-order chi connectivity index (χ1) is 16.7. The highest BCUT2D eigenvalue weighted by atomic mass is 32.1. The standard InChI is InChI=1S/C27H27N3O4S/c1-6-34-27(33)23-21-14-35-25(28-24(31)19-12-16(4)11-17(5)13-19)22(21)26(32)30(29-23)20-9-7-18(8-10-20)15(2)3/h7-15H,6H2,1-5H3,(H,28,31). The van der Waals surface area contributed by atoms with Gasteiger partial charge < -0.3 is 10.1 Å². The smallest absolute Gasteiger partial charge is 0.359 e. The number of carbonyl (C=O) groups is 2. The minimum atomic E-state index is -0.630. The molecule has 2 aromatic heterocycles. The lowest BCUT2D eigenvalue weighted by Crippen LogP contribution is -2.25. The second kappa shape index (κ2) is 9.84. The number of benzene rings is 2. The molecule has 35 heavy (non-hydrogen) atoms. The maximum absolute atomic E-state index is 13.6. The Bertz CT molecular complexity index is 1460. The van der Waals surface area contributed by atoms with E-state index in [9.17, 15) is 14.4 Å². The second-order valence-corrected chi connectivity index (χ2v) is 9.60. The summed E-state index contributed by atoms with van der Waals surface area (Å²) in [6, 6.07) is 13.0. The Labute approximate surface area is 207 Å². The number of hydrogen-bond acceptors (Lipinski definition) is 6. The lowest BCUT2D eigenvalue weighted by molar-refractivity contribution is 0.0520. The molecule has 7 nitrogen and oxygen atoms in total. The van der Waals surface area contributed by atoms with E-state index in [2.05, 4.69) is 24.3 Å². The van der Waals surface area contributed by atoms with Crippen LogP contribution in [-0.2, 0) is 4.74 Å². The molecule has 0 fully saturated rings. The number of nitrogens with one attached hydrogen (secondary N) is 1. The number of anilines is 1. The van der Waals surface area contributed by atoms with Gasteiger partial charge in [-0.15, -0.1) is 11.3 Å². The highest BCUT2D eigenvalue weighted by molar-refractivity contribution is 7.16. The second-order valence-electron chi connectivity index (χ2n) is 8.72. The van der Waals surface area contributed by atoms with Gasteiger partial charge in [0.05, 0.1) is 17.7 Å². The average molecular weight is 490 g/mol. The SMILES string of the molecule is CCOC(=O)c1nn(-c2ccc(C(C)C)cc2)c(=O)c2c(NC(=O)c3cc(C)cc(C)c3)scc12. The topological polar surface area (TPSA) is 90.3 Å². The zero-order chi connectivity index (χ0) is 25.3. The molecule has 2 aromatic carbocycles. The van der Waals surface area contributed by atoms with Gasteiger partial charge in [0.1, 0.15) is 5.00 Å². The van der Waals surface area contributed by atoms with Crippen LogP contribution in [0.15, 0.2) is 52.6 Å². The zero-order valence-corrected chi connectivity index (χ0v) is 21.2. The lowest BCUT2D eigenvalue weighted by atomic mass is 10.0. The van der Waals surface area contributed by atoms with E-state index in [1.54, 1.807) is 36.6 Å². The number of thiophene rings is 1. The highest BCUT2D eigenvalue weighted by Crippen LogP contribution is 2.31. The van der Waals surface area contributed by atoms with Crippen LogP contribution in [0.4, 0.5) is 5.00 Å². The van der Waals surface area contributed by atoms with E-state index >= 15 is 0 Å². The molecule has 0 aliphatic carbocycles. The summed E-state index contributed by atoms with van der Waals surface area (Å²) in [6.45, 7) is 9.89. The van der Waals surface area contributed by atoms with E-state index in [1.807, 2.05) is 32.0 Å². The lowest BCUT2D eigenvalue weighted by Gasteiger charge is -2.11. The van der Waals surface area contributed by atoms with Crippen molar-refractivity contribution in [3.63, 3.8) is 0 Å². The molecule has 0 saturated carbocycles. The van der Waals surface area contributed by atoms with E-state index in [0.717, 1.165) is 16.7 Å². The van der Waals surface area contributed by atoms with Gasteiger partial charge in [-0.1, -0.05) is 43.2 Å². The van der Waals surface area contributed by atoms with Gasteiger partial charge in [-0.2, -0.15) is 9.78 Å². The van der Waals surface area contributed by atoms with Crippen molar-refractivity contribution in [3.8, 4) is 5.69 Å². The Morgan fingerprint density at radius 1 is 1.09 bits per heavy atom. The monoisotopic (exact) mass is 489 g/mol. The van der Waals surface area contributed by atoms with Crippen molar-refractivity contribution in [2.24, 2.45) is 0 Å². The molecule has 0 radical (unpaired) electrons. The molecular weight excluding hydrogens is 462 g/mol. The Hall–Kier alpha value is -3.78. The van der Waals surface area contributed by atoms with Crippen molar-refractivity contribution >= 4 is 39.0 Å². The summed E-state index contributed by atoms with van der Waals surface area (Å²) in [4.78, 5) is 39.4. The largest absolute Gasteiger partial charge is 0.461 e. The molecule has 0 bridgehead atoms. The van der Waals surface area contributed by atoms with Crippen LogP contribution in [-0.4, -0.2) is 28.3 Å². The fraction of sp³-hybridized carbons (Fsp3) is 0.259. The number of ether oxygens (including phenoxy) is 1. The van der Waals surface area contributed by atoms with E-state index in [4.69, 9.17) is 4.74 Å². The predicted molar refractivity (Wildman–Crippen MR) is 139 cm³/mol. The molecule has 0 saturated heterocycles. The van der Waals surface area contributed by atoms with Crippen LogP contribution < -0.4 is 10.9 Å². The van der Waals surface area contributed by atoms with Crippen LogP contribution in [0, 0.1) is 13.8 Å². The fourth-order valence-electron chi connectivity index (χ4n) is 3.95. The van der Waals surface area contributed by atoms with Gasteiger partial charge in [0.25, 0.3) is 11.5 Å². The molecule has 4 aromatic rings. The van der Waals surface area contributed by atoms with E-state index < -0.39 is 11.5 Å². The molecular formula is C27H27N3O4S. The maximum atomic E-state index is 13.6. The predicted octanol–water partition coefficient (Wildman–Crippen LogP) is 5.62. The number of nitrogens with zero attached hydrogens (tertiary/aromatic N) is 2. The number of amides is 1. The normalized spacial score (nSPS) is 11.1. The Balaban J connectivity index is 1.86. The molecule has 8 heteroatoms. The number of rotatable bonds is 6. The highest BCUT2D eigenvalue weighted by Gasteiger charge is 2.23. The van der Waals surface area contributed by atoms with E-state index in [-0.39, 0.29) is 23.6 Å². The van der Waals surface area contributed by atoms with Crippen LogP contribution in [0.5, 0.6) is 0 Å². The molecule has 180 valence electrons. The zero-order valence-electron chi connectivity index (χ0n) is 20.3. The van der Waals surface area contributed by atoms with Gasteiger partial charge in [-0.05, 0) is 56.5 Å². The Morgan fingerprint density at radius 2 is 1.74 bits per heavy atom. The number of hydrogen-bond donors (Lipinski definition) is 1. The third-order valence-corrected chi connectivity index (χ3v) is 6.53. The minimum absolute atomic E-state index is 0.0255. The van der Waals surface area contributed by atoms with E-state index in [1.165, 1.54) is 16.0 Å². The molecule has 2 heterocycles. The first-order valence-corrected chi connectivity index (χ1v) is 12.3. The van der Waals surface area contributed by atoms with Crippen molar-refractivity contribution < 1.29 is 14.3 Å². The molecule has 4 rings (SSSR count). The summed E-state index contributed by atoms with van der Waals surface area (Å²) in [5, 5.41) is 9.81. The van der Waals surface area contributed by atoms with Crippen molar-refractivity contribution in [2.45, 2.75) is 40.5 Å². The number of fused-ring (bicyclic) bond motifs is 1. The summed E-state index contributed by atoms with van der Waals surface area (Å²) in [7, 11) is 0. The van der Waals surface area contributed by atoms with Gasteiger partial charge in [0.2, 0.25) is 0 Å². The summed E-state index contributed by atoms with van der Waals surface area (Å²) in [5.41, 5.74) is 3.66. The van der Waals surface area contributed by atoms with Gasteiger partial charge >= 0.3 is 5.97 Å². The number of aryl methyl sites for hydroxylation is 2. The third kappa shape index (κ3) is 4.88. The molecule has 0 atom stereocenters. The van der Waals surface area contributed by atoms with Crippen LogP contribution in [0.3, 0.4) is 0 Å². The Morgan fingerprint density at radius 3 is 2.34 bits per heavy atom. The van der Waals surface area contributed by atoms with Gasteiger partial charge in [0.15, 0.2) is 5.69 Å². The molecule has 0 aliphatic rings. The first-order valence-electron chi connectivity index (χ1n) is 11.4. The summed E-state index contributed by atoms with van der Waals surface area (Å²) < 4.78 is 6.40. The molecule has 1 N–H and O–H groups in total. The van der Waals surface area contributed by atoms with E-state index in [0.29, 0.717) is 27.6 Å². The summed E-state index contributed by atoms with van der Waals surface area (Å²) in [5.74, 6) is -0.632. The van der Waals surface area contributed by atoms with Crippen LogP contribution in [0.1, 0.15) is 64.2 Å². The molecule has 0 spiro atoms. The van der Waals surface area contributed by atoms with Crippen LogP contribution >= 0.6 is 11.3 Å². The molecule has 0 unspecified atom stereocenters. The van der Waals surface area contributed by atoms with Gasteiger partial charge in [-0.25, -0.2) is 4.79 Å². The molecule has 0 aliphatic heterocycles. The van der Waals surface area contributed by atoms with Crippen LogP contribution in [0.25, 0.3) is 16.5 Å². The van der Waals surface area contributed by atoms with Crippen molar-refractivity contribution in [2.75, 3.05) is 11.9 Å². The van der Waals surface area contributed by atoms with Crippen molar-refractivity contribution in [1.82, 2.24) is 9.78 Å². The Kier molecular flexibility index (Phi) is 6.84.